The number of hydrogen-bond donors (Lipinski definition) is 1. The predicted molar refractivity (Wildman–Crippen MR) is 113 cm³/mol. The number of amides is 1. The summed E-state index contributed by atoms with van der Waals surface area (Å²) in [6, 6.07) is 13.2. The molecule has 0 spiro atoms. The van der Waals surface area contributed by atoms with Crippen molar-refractivity contribution in [3.8, 4) is 5.75 Å². The standard InChI is InChI=1S/C20H21BrClN3O3/c21-17-11-15(12-23-24-20(26)13-25-7-9-27-10-8-25)5-6-19(17)28-14-16-3-1-2-4-18(16)22/h1-6,11-12H,7-10,13-14H2,(H,24,26). The summed E-state index contributed by atoms with van der Waals surface area (Å²) in [7, 11) is 0. The van der Waals surface area contributed by atoms with E-state index >= 15 is 0 Å². The van der Waals surface area contributed by atoms with E-state index in [1.165, 1.54) is 0 Å². The molecule has 0 unspecified atom stereocenters. The van der Waals surface area contributed by atoms with Crippen molar-refractivity contribution < 1.29 is 14.3 Å². The van der Waals surface area contributed by atoms with E-state index in [9.17, 15) is 4.79 Å². The van der Waals surface area contributed by atoms with Gasteiger partial charge in [0.25, 0.3) is 5.91 Å². The second-order valence-corrected chi connectivity index (χ2v) is 7.51. The maximum Gasteiger partial charge on any atom is 0.254 e. The van der Waals surface area contributed by atoms with E-state index in [0.717, 1.165) is 28.7 Å². The zero-order chi connectivity index (χ0) is 19.8. The number of nitrogens with one attached hydrogen (secondary N) is 1. The topological polar surface area (TPSA) is 63.2 Å². The molecule has 1 heterocycles. The van der Waals surface area contributed by atoms with Gasteiger partial charge < -0.3 is 9.47 Å². The molecule has 0 saturated carbocycles. The molecule has 1 saturated heterocycles. The molecule has 0 aromatic heterocycles. The van der Waals surface area contributed by atoms with Gasteiger partial charge in [-0.25, -0.2) is 5.43 Å². The summed E-state index contributed by atoms with van der Waals surface area (Å²) in [4.78, 5) is 14.0. The van der Waals surface area contributed by atoms with Crippen LogP contribution in [-0.2, 0) is 16.1 Å². The number of hydrazone groups is 1. The van der Waals surface area contributed by atoms with Crippen molar-refractivity contribution in [2.45, 2.75) is 6.61 Å². The fraction of sp³-hybridized carbons (Fsp3) is 0.300. The van der Waals surface area contributed by atoms with Crippen molar-refractivity contribution in [2.75, 3.05) is 32.8 Å². The number of halogens is 2. The molecule has 6 nitrogen and oxygen atoms in total. The molecule has 2 aromatic rings. The zero-order valence-electron chi connectivity index (χ0n) is 15.2. The van der Waals surface area contributed by atoms with Gasteiger partial charge in [0.2, 0.25) is 0 Å². The Kier molecular flexibility index (Phi) is 7.85. The van der Waals surface area contributed by atoms with E-state index in [4.69, 9.17) is 21.1 Å². The van der Waals surface area contributed by atoms with Crippen molar-refractivity contribution in [3.63, 3.8) is 0 Å². The lowest BCUT2D eigenvalue weighted by Gasteiger charge is -2.25. The summed E-state index contributed by atoms with van der Waals surface area (Å²) < 4.78 is 11.9. The minimum absolute atomic E-state index is 0.142. The Labute approximate surface area is 177 Å². The van der Waals surface area contributed by atoms with Gasteiger partial charge in [-0.3, -0.25) is 9.69 Å². The monoisotopic (exact) mass is 465 g/mol. The fourth-order valence-electron chi connectivity index (χ4n) is 2.66. The Morgan fingerprint density at radius 1 is 1.29 bits per heavy atom. The molecule has 0 atom stereocenters. The molecule has 1 amide bonds. The molecule has 1 fully saturated rings. The Morgan fingerprint density at radius 2 is 2.07 bits per heavy atom. The zero-order valence-corrected chi connectivity index (χ0v) is 17.6. The highest BCUT2D eigenvalue weighted by Crippen LogP contribution is 2.27. The van der Waals surface area contributed by atoms with Crippen LogP contribution < -0.4 is 10.2 Å². The number of rotatable bonds is 7. The van der Waals surface area contributed by atoms with Crippen LogP contribution >= 0.6 is 27.5 Å². The first-order chi connectivity index (χ1) is 13.6. The maximum absolute atomic E-state index is 11.9. The highest BCUT2D eigenvalue weighted by Gasteiger charge is 2.13. The third kappa shape index (κ3) is 6.31. The summed E-state index contributed by atoms with van der Waals surface area (Å²) >= 11 is 9.65. The van der Waals surface area contributed by atoms with Gasteiger partial charge in [0.05, 0.1) is 30.4 Å². The van der Waals surface area contributed by atoms with Gasteiger partial charge in [0.1, 0.15) is 12.4 Å². The van der Waals surface area contributed by atoms with Crippen molar-refractivity contribution >= 4 is 39.7 Å². The van der Waals surface area contributed by atoms with E-state index in [-0.39, 0.29) is 5.91 Å². The Bertz CT molecular complexity index is 841. The van der Waals surface area contributed by atoms with E-state index < -0.39 is 0 Å². The van der Waals surface area contributed by atoms with Gasteiger partial charge in [0.15, 0.2) is 0 Å². The van der Waals surface area contributed by atoms with Gasteiger partial charge >= 0.3 is 0 Å². The molecular formula is C20H21BrClN3O3. The normalized spacial score (nSPS) is 14.9. The van der Waals surface area contributed by atoms with Crippen molar-refractivity contribution in [2.24, 2.45) is 5.10 Å². The van der Waals surface area contributed by atoms with Gasteiger partial charge in [0, 0.05) is 23.7 Å². The lowest BCUT2D eigenvalue weighted by Crippen LogP contribution is -2.42. The molecule has 0 radical (unpaired) electrons. The lowest BCUT2D eigenvalue weighted by atomic mass is 10.2. The summed E-state index contributed by atoms with van der Waals surface area (Å²) in [6.45, 7) is 3.55. The van der Waals surface area contributed by atoms with E-state index in [2.05, 4.69) is 26.5 Å². The van der Waals surface area contributed by atoms with Crippen LogP contribution in [0.15, 0.2) is 52.0 Å². The third-order valence-corrected chi connectivity index (χ3v) is 5.16. The minimum atomic E-state index is -0.142. The minimum Gasteiger partial charge on any atom is -0.488 e. The number of benzene rings is 2. The van der Waals surface area contributed by atoms with Crippen LogP contribution in [0.1, 0.15) is 11.1 Å². The molecule has 28 heavy (non-hydrogen) atoms. The summed E-state index contributed by atoms with van der Waals surface area (Å²) in [5.41, 5.74) is 4.31. The van der Waals surface area contributed by atoms with Gasteiger partial charge in [-0.05, 0) is 45.8 Å². The molecule has 0 aliphatic carbocycles. The first kappa shape index (κ1) is 20.8. The van der Waals surface area contributed by atoms with E-state index in [1.807, 2.05) is 47.4 Å². The van der Waals surface area contributed by atoms with Crippen molar-refractivity contribution in [1.29, 1.82) is 0 Å². The van der Waals surface area contributed by atoms with E-state index in [0.29, 0.717) is 37.1 Å². The predicted octanol–water partition coefficient (Wildman–Crippen LogP) is 3.46. The molecule has 1 N–H and O–H groups in total. The summed E-state index contributed by atoms with van der Waals surface area (Å²) in [6.07, 6.45) is 1.60. The number of carbonyl (C=O) groups excluding carboxylic acids is 1. The Balaban J connectivity index is 1.49. The first-order valence-corrected chi connectivity index (χ1v) is 10.1. The summed E-state index contributed by atoms with van der Waals surface area (Å²) in [5, 5.41) is 4.70. The average Bonchev–Trinajstić information content (AvgIpc) is 2.69. The maximum atomic E-state index is 11.9. The van der Waals surface area contributed by atoms with Crippen LogP contribution in [0.5, 0.6) is 5.75 Å². The van der Waals surface area contributed by atoms with Gasteiger partial charge in [-0.15, -0.1) is 0 Å². The SMILES string of the molecule is O=C(CN1CCOCC1)NN=Cc1ccc(OCc2ccccc2Cl)c(Br)c1. The third-order valence-electron chi connectivity index (χ3n) is 4.17. The van der Waals surface area contributed by atoms with Crippen molar-refractivity contribution in [3.05, 3.63) is 63.1 Å². The molecule has 1 aliphatic heterocycles. The number of hydrogen-bond acceptors (Lipinski definition) is 5. The number of morpholine rings is 1. The highest BCUT2D eigenvalue weighted by molar-refractivity contribution is 9.10. The van der Waals surface area contributed by atoms with Crippen LogP contribution in [0.25, 0.3) is 0 Å². The Morgan fingerprint density at radius 3 is 2.82 bits per heavy atom. The molecule has 2 aromatic carbocycles. The van der Waals surface area contributed by atoms with Crippen LogP contribution in [-0.4, -0.2) is 49.9 Å². The smallest absolute Gasteiger partial charge is 0.254 e. The van der Waals surface area contributed by atoms with E-state index in [1.54, 1.807) is 6.21 Å². The number of nitrogens with zero attached hydrogens (tertiary/aromatic N) is 2. The van der Waals surface area contributed by atoms with Gasteiger partial charge in [-0.2, -0.15) is 5.10 Å². The number of carbonyl (C=O) groups is 1. The molecule has 3 rings (SSSR count). The molecular weight excluding hydrogens is 446 g/mol. The molecule has 0 bridgehead atoms. The fourth-order valence-corrected chi connectivity index (χ4v) is 3.36. The summed E-state index contributed by atoms with van der Waals surface area (Å²) in [5.74, 6) is 0.560. The Hall–Kier alpha value is -1.93. The second-order valence-electron chi connectivity index (χ2n) is 6.25. The van der Waals surface area contributed by atoms with Crippen LogP contribution in [0.4, 0.5) is 0 Å². The van der Waals surface area contributed by atoms with Gasteiger partial charge in [-0.1, -0.05) is 29.8 Å². The molecule has 8 heteroatoms. The quantitative estimate of drug-likeness (QED) is 0.501. The second kappa shape index (κ2) is 10.6. The van der Waals surface area contributed by atoms with Crippen molar-refractivity contribution in [1.82, 2.24) is 10.3 Å². The largest absolute Gasteiger partial charge is 0.488 e. The van der Waals surface area contributed by atoms with Crippen LogP contribution in [0.3, 0.4) is 0 Å². The average molecular weight is 467 g/mol. The lowest BCUT2D eigenvalue weighted by molar-refractivity contribution is -0.123. The highest BCUT2D eigenvalue weighted by atomic mass is 79.9. The number of ether oxygens (including phenoxy) is 2. The molecule has 1 aliphatic rings. The van der Waals surface area contributed by atoms with Crippen LogP contribution in [0.2, 0.25) is 5.02 Å². The molecule has 148 valence electrons. The first-order valence-electron chi connectivity index (χ1n) is 8.89. The van der Waals surface area contributed by atoms with Crippen LogP contribution in [0, 0.1) is 0 Å².